The summed E-state index contributed by atoms with van der Waals surface area (Å²) < 4.78 is 2.23. The minimum absolute atomic E-state index is 0.295. The molecule has 1 aliphatic rings. The fourth-order valence-electron chi connectivity index (χ4n) is 3.75. The van der Waals surface area contributed by atoms with Gasteiger partial charge in [-0.25, -0.2) is 0 Å². The first-order valence-electron chi connectivity index (χ1n) is 8.52. The first-order chi connectivity index (χ1) is 10.1. The van der Waals surface area contributed by atoms with Gasteiger partial charge in [0.05, 0.1) is 6.54 Å². The number of nitrogens with zero attached hydrogens (tertiary/aromatic N) is 2. The van der Waals surface area contributed by atoms with E-state index in [9.17, 15) is 4.79 Å². The number of ketones is 1. The number of hydrogen-bond acceptors (Lipinski definition) is 2. The van der Waals surface area contributed by atoms with E-state index in [0.29, 0.717) is 18.4 Å². The van der Waals surface area contributed by atoms with E-state index in [1.807, 2.05) is 0 Å². The maximum absolute atomic E-state index is 12.7. The predicted octanol–water partition coefficient (Wildman–Crippen LogP) is 3.96. The lowest BCUT2D eigenvalue weighted by Gasteiger charge is -2.28. The smallest absolute Gasteiger partial charge is 0.178 e. The fourth-order valence-corrected chi connectivity index (χ4v) is 3.75. The first kappa shape index (κ1) is 16.3. The Morgan fingerprint density at radius 1 is 1.24 bits per heavy atom. The summed E-state index contributed by atoms with van der Waals surface area (Å²) in [5.41, 5.74) is 3.25. The molecular formula is C18H30N2O. The largest absolute Gasteiger partial charge is 0.349 e. The third-order valence-corrected chi connectivity index (χ3v) is 5.01. The molecule has 1 atom stereocenters. The normalized spacial score (nSPS) is 20.5. The number of Topliss-reactive ketones (excluding diaryl/α,β-unsaturated/α-hetero) is 1. The van der Waals surface area contributed by atoms with Crippen molar-refractivity contribution < 1.29 is 4.79 Å². The van der Waals surface area contributed by atoms with E-state index < -0.39 is 0 Å². The summed E-state index contributed by atoms with van der Waals surface area (Å²) in [6.07, 6.45) is 6.26. The molecule has 1 aliphatic heterocycles. The van der Waals surface area contributed by atoms with Crippen molar-refractivity contribution in [3.8, 4) is 0 Å². The van der Waals surface area contributed by atoms with Crippen LogP contribution in [-0.2, 0) is 6.54 Å². The standard InChI is InChI=1S/C18H30N2O/c1-5-16-10-8-7-9-11-19(16)13-18(21)17-12-14(3)20(6-2)15(17)4/h12,16H,5-11,13H2,1-4H3. The van der Waals surface area contributed by atoms with Gasteiger partial charge in [-0.2, -0.15) is 0 Å². The highest BCUT2D eigenvalue weighted by Gasteiger charge is 2.23. The van der Waals surface area contributed by atoms with E-state index in [-0.39, 0.29) is 0 Å². The zero-order valence-corrected chi connectivity index (χ0v) is 14.1. The molecule has 118 valence electrons. The van der Waals surface area contributed by atoms with Gasteiger partial charge in [0.1, 0.15) is 0 Å². The molecule has 1 aromatic heterocycles. The number of carbonyl (C=O) groups excluding carboxylic acids is 1. The van der Waals surface area contributed by atoms with Crippen LogP contribution < -0.4 is 0 Å². The van der Waals surface area contributed by atoms with E-state index in [0.717, 1.165) is 30.8 Å². The summed E-state index contributed by atoms with van der Waals surface area (Å²) in [5.74, 6) is 0.295. The van der Waals surface area contributed by atoms with E-state index in [4.69, 9.17) is 0 Å². The Labute approximate surface area is 129 Å². The van der Waals surface area contributed by atoms with Gasteiger partial charge in [0.2, 0.25) is 0 Å². The Kier molecular flexibility index (Phi) is 5.63. The Morgan fingerprint density at radius 2 is 2.00 bits per heavy atom. The molecule has 2 rings (SSSR count). The number of likely N-dealkylation sites (tertiary alicyclic amines) is 1. The summed E-state index contributed by atoms with van der Waals surface area (Å²) in [6, 6.07) is 2.66. The number of hydrogen-bond donors (Lipinski definition) is 0. The minimum Gasteiger partial charge on any atom is -0.349 e. The van der Waals surface area contributed by atoms with Crippen molar-refractivity contribution in [3.05, 3.63) is 23.0 Å². The van der Waals surface area contributed by atoms with Gasteiger partial charge in [-0.1, -0.05) is 19.8 Å². The van der Waals surface area contributed by atoms with Gasteiger partial charge < -0.3 is 4.57 Å². The van der Waals surface area contributed by atoms with Gasteiger partial charge in [-0.05, 0) is 52.6 Å². The SMILES string of the molecule is CCC1CCCCCN1CC(=O)c1cc(C)n(CC)c1C. The average Bonchev–Trinajstić information content (AvgIpc) is 2.64. The summed E-state index contributed by atoms with van der Waals surface area (Å²) in [7, 11) is 0. The lowest BCUT2D eigenvalue weighted by molar-refractivity contribution is 0.0889. The van der Waals surface area contributed by atoms with Crippen molar-refractivity contribution in [2.75, 3.05) is 13.1 Å². The van der Waals surface area contributed by atoms with Crippen LogP contribution in [0.1, 0.15) is 67.7 Å². The molecule has 21 heavy (non-hydrogen) atoms. The highest BCUT2D eigenvalue weighted by Crippen LogP contribution is 2.21. The van der Waals surface area contributed by atoms with Crippen LogP contribution in [0.25, 0.3) is 0 Å². The monoisotopic (exact) mass is 290 g/mol. The molecule has 1 saturated heterocycles. The quantitative estimate of drug-likeness (QED) is 0.767. The zero-order valence-electron chi connectivity index (χ0n) is 14.1. The highest BCUT2D eigenvalue weighted by molar-refractivity contribution is 5.99. The van der Waals surface area contributed by atoms with Gasteiger partial charge in [-0.15, -0.1) is 0 Å². The molecule has 0 spiro atoms. The molecule has 3 heteroatoms. The minimum atomic E-state index is 0.295. The van der Waals surface area contributed by atoms with Crippen molar-refractivity contribution in [3.63, 3.8) is 0 Å². The molecule has 0 N–H and O–H groups in total. The first-order valence-corrected chi connectivity index (χ1v) is 8.52. The van der Waals surface area contributed by atoms with Gasteiger partial charge in [0.25, 0.3) is 0 Å². The van der Waals surface area contributed by atoms with Crippen LogP contribution in [0, 0.1) is 13.8 Å². The Bertz CT molecular complexity index is 490. The molecule has 0 radical (unpaired) electrons. The molecule has 3 nitrogen and oxygen atoms in total. The molecule has 1 fully saturated rings. The fraction of sp³-hybridized carbons (Fsp3) is 0.722. The third kappa shape index (κ3) is 3.57. The maximum atomic E-state index is 12.7. The molecule has 0 bridgehead atoms. The molecule has 1 unspecified atom stereocenters. The average molecular weight is 290 g/mol. The highest BCUT2D eigenvalue weighted by atomic mass is 16.1. The van der Waals surface area contributed by atoms with Crippen LogP contribution >= 0.6 is 0 Å². The molecule has 0 aliphatic carbocycles. The van der Waals surface area contributed by atoms with Gasteiger partial charge in [0, 0.05) is 29.5 Å². The topological polar surface area (TPSA) is 25.2 Å². The van der Waals surface area contributed by atoms with Crippen LogP contribution in [0.3, 0.4) is 0 Å². The van der Waals surface area contributed by atoms with Crippen molar-refractivity contribution in [2.24, 2.45) is 0 Å². The van der Waals surface area contributed by atoms with Crippen molar-refractivity contribution in [1.82, 2.24) is 9.47 Å². The number of aryl methyl sites for hydroxylation is 1. The van der Waals surface area contributed by atoms with Crippen molar-refractivity contribution in [2.45, 2.75) is 72.4 Å². The molecule has 0 saturated carbocycles. The molecule has 2 heterocycles. The van der Waals surface area contributed by atoms with E-state index in [1.54, 1.807) is 0 Å². The summed E-state index contributed by atoms with van der Waals surface area (Å²) in [5, 5.41) is 0. The third-order valence-electron chi connectivity index (χ3n) is 5.01. The van der Waals surface area contributed by atoms with Crippen molar-refractivity contribution >= 4 is 5.78 Å². The Morgan fingerprint density at radius 3 is 2.62 bits per heavy atom. The van der Waals surface area contributed by atoms with Crippen LogP contribution in [0.5, 0.6) is 0 Å². The van der Waals surface area contributed by atoms with Crippen LogP contribution in [0.4, 0.5) is 0 Å². The van der Waals surface area contributed by atoms with Crippen LogP contribution in [0.15, 0.2) is 6.07 Å². The molecule has 1 aromatic rings. The van der Waals surface area contributed by atoms with Gasteiger partial charge in [-0.3, -0.25) is 9.69 Å². The van der Waals surface area contributed by atoms with Gasteiger partial charge >= 0.3 is 0 Å². The van der Waals surface area contributed by atoms with E-state index >= 15 is 0 Å². The summed E-state index contributed by atoms with van der Waals surface area (Å²) in [4.78, 5) is 15.2. The lowest BCUT2D eigenvalue weighted by atomic mass is 10.1. The second kappa shape index (κ2) is 7.26. The summed E-state index contributed by atoms with van der Waals surface area (Å²) >= 11 is 0. The van der Waals surface area contributed by atoms with Crippen LogP contribution in [0.2, 0.25) is 0 Å². The maximum Gasteiger partial charge on any atom is 0.178 e. The second-order valence-corrected chi connectivity index (χ2v) is 6.33. The Balaban J connectivity index is 2.13. The number of aromatic nitrogens is 1. The molecular weight excluding hydrogens is 260 g/mol. The number of carbonyl (C=O) groups is 1. The predicted molar refractivity (Wildman–Crippen MR) is 88.0 cm³/mol. The van der Waals surface area contributed by atoms with Crippen molar-refractivity contribution in [1.29, 1.82) is 0 Å². The van der Waals surface area contributed by atoms with Gasteiger partial charge in [0.15, 0.2) is 5.78 Å². The molecule has 0 aromatic carbocycles. The Hall–Kier alpha value is -1.09. The lowest BCUT2D eigenvalue weighted by Crippen LogP contribution is -2.38. The molecule has 0 amide bonds. The van der Waals surface area contributed by atoms with E-state index in [1.165, 1.54) is 31.4 Å². The zero-order chi connectivity index (χ0) is 15.4. The summed E-state index contributed by atoms with van der Waals surface area (Å²) in [6.45, 7) is 11.2. The second-order valence-electron chi connectivity index (χ2n) is 6.33. The van der Waals surface area contributed by atoms with Crippen LogP contribution in [-0.4, -0.2) is 34.4 Å². The van der Waals surface area contributed by atoms with E-state index in [2.05, 4.69) is 43.2 Å². The number of rotatable bonds is 5.